The molecule has 0 heterocycles. The van der Waals surface area contributed by atoms with Crippen LogP contribution in [0, 0.1) is 0 Å². The Morgan fingerprint density at radius 3 is 1.40 bits per heavy atom. The van der Waals surface area contributed by atoms with E-state index >= 15 is 0 Å². The minimum atomic E-state index is -0.798. The highest BCUT2D eigenvalue weighted by Crippen LogP contribution is 2.23. The molecule has 0 aliphatic heterocycles. The maximum Gasteiger partial charge on any atom is 0.113 e. The molecule has 0 saturated heterocycles. The zero-order valence-electron chi connectivity index (χ0n) is 23.5. The molecule has 0 amide bonds. The van der Waals surface area contributed by atoms with Crippen LogP contribution in [0.5, 0.6) is 0 Å². The number of hydrogen-bond acceptors (Lipinski definition) is 6. The van der Waals surface area contributed by atoms with E-state index in [1.165, 1.54) is 0 Å². The molecular formula is C34H37N3O5. The van der Waals surface area contributed by atoms with Gasteiger partial charge in [-0.05, 0) is 27.8 Å². The van der Waals surface area contributed by atoms with Crippen LogP contribution in [0.15, 0.2) is 126 Å². The topological polar surface area (TPSA) is 106 Å². The lowest BCUT2D eigenvalue weighted by atomic mass is 10.0. The zero-order valence-corrected chi connectivity index (χ0v) is 23.5. The number of aliphatic hydroxyl groups is 1. The van der Waals surface area contributed by atoms with Crippen LogP contribution in [0.4, 0.5) is 0 Å². The number of nitrogens with zero attached hydrogens (tertiary/aromatic N) is 3. The molecule has 218 valence electrons. The first-order chi connectivity index (χ1) is 20.8. The van der Waals surface area contributed by atoms with Gasteiger partial charge in [-0.1, -0.05) is 126 Å². The summed E-state index contributed by atoms with van der Waals surface area (Å²) in [6.45, 7) is 0.845. The fourth-order valence-electron chi connectivity index (χ4n) is 4.53. The van der Waals surface area contributed by atoms with Gasteiger partial charge in [0.05, 0.1) is 51.8 Å². The molecule has 8 heteroatoms. The average Bonchev–Trinajstić information content (AvgIpc) is 3.05. The molecule has 4 aromatic carbocycles. The molecule has 0 bridgehead atoms. The molecule has 8 nitrogen and oxygen atoms in total. The van der Waals surface area contributed by atoms with Crippen molar-refractivity contribution in [2.24, 2.45) is 5.11 Å². The molecule has 4 atom stereocenters. The normalized spacial score (nSPS) is 13.9. The number of benzene rings is 4. The summed E-state index contributed by atoms with van der Waals surface area (Å²) in [7, 11) is 0. The molecular weight excluding hydrogens is 530 g/mol. The Kier molecular flexibility index (Phi) is 13.1. The van der Waals surface area contributed by atoms with Crippen molar-refractivity contribution in [1.29, 1.82) is 0 Å². The second-order valence-corrected chi connectivity index (χ2v) is 9.81. The van der Waals surface area contributed by atoms with E-state index in [2.05, 4.69) is 10.0 Å². The van der Waals surface area contributed by atoms with Gasteiger partial charge in [-0.15, -0.1) is 0 Å². The minimum Gasteiger partial charge on any atom is -0.394 e. The van der Waals surface area contributed by atoms with Crippen molar-refractivity contribution in [3.05, 3.63) is 154 Å². The smallest absolute Gasteiger partial charge is 0.113 e. The molecule has 0 spiro atoms. The lowest BCUT2D eigenvalue weighted by Gasteiger charge is -2.35. The highest BCUT2D eigenvalue weighted by Gasteiger charge is 2.37. The summed E-state index contributed by atoms with van der Waals surface area (Å²) in [6, 6.07) is 38.2. The molecule has 0 aliphatic rings. The lowest BCUT2D eigenvalue weighted by Crippen LogP contribution is -2.50. The molecule has 0 aliphatic carbocycles. The van der Waals surface area contributed by atoms with Gasteiger partial charge >= 0.3 is 0 Å². The van der Waals surface area contributed by atoms with Gasteiger partial charge in [-0.25, -0.2) is 0 Å². The minimum absolute atomic E-state index is 0.0838. The number of aliphatic hydroxyl groups excluding tert-OH is 1. The van der Waals surface area contributed by atoms with Gasteiger partial charge in [0.1, 0.15) is 12.2 Å². The molecule has 0 unspecified atom stereocenters. The van der Waals surface area contributed by atoms with Crippen LogP contribution < -0.4 is 0 Å². The fourth-order valence-corrected chi connectivity index (χ4v) is 4.53. The van der Waals surface area contributed by atoms with Crippen LogP contribution in [0.25, 0.3) is 10.4 Å². The fraction of sp³-hybridized carbons (Fsp3) is 0.294. The van der Waals surface area contributed by atoms with E-state index in [1.807, 2.05) is 121 Å². The third-order valence-electron chi connectivity index (χ3n) is 6.73. The molecule has 4 aromatic rings. The lowest BCUT2D eigenvalue weighted by molar-refractivity contribution is -0.170. The van der Waals surface area contributed by atoms with E-state index in [0.717, 1.165) is 22.3 Å². The predicted molar refractivity (Wildman–Crippen MR) is 161 cm³/mol. The number of azide groups is 1. The van der Waals surface area contributed by atoms with Crippen LogP contribution in [-0.2, 0) is 45.4 Å². The van der Waals surface area contributed by atoms with Crippen LogP contribution in [0.1, 0.15) is 22.3 Å². The number of ether oxygens (including phenoxy) is 4. The van der Waals surface area contributed by atoms with Gasteiger partial charge in [-0.3, -0.25) is 0 Å². The summed E-state index contributed by atoms with van der Waals surface area (Å²) < 4.78 is 25.2. The summed E-state index contributed by atoms with van der Waals surface area (Å²) in [4.78, 5) is 3.12. The van der Waals surface area contributed by atoms with Crippen LogP contribution in [-0.4, -0.2) is 42.7 Å². The van der Waals surface area contributed by atoms with E-state index in [4.69, 9.17) is 18.9 Å². The Morgan fingerprint density at radius 1 is 0.571 bits per heavy atom. The van der Waals surface area contributed by atoms with E-state index in [-0.39, 0.29) is 33.0 Å². The first-order valence-corrected chi connectivity index (χ1v) is 14.0. The van der Waals surface area contributed by atoms with Crippen molar-refractivity contribution < 1.29 is 24.1 Å². The third kappa shape index (κ3) is 10.1. The van der Waals surface area contributed by atoms with E-state index in [1.54, 1.807) is 0 Å². The first kappa shape index (κ1) is 30.9. The summed E-state index contributed by atoms with van der Waals surface area (Å²) in [5, 5.41) is 14.6. The molecule has 0 aromatic heterocycles. The quantitative estimate of drug-likeness (QED) is 0.0825. The second kappa shape index (κ2) is 17.7. The Labute approximate surface area is 247 Å². The van der Waals surface area contributed by atoms with Crippen molar-refractivity contribution in [3.63, 3.8) is 0 Å². The van der Waals surface area contributed by atoms with Gasteiger partial charge in [0.2, 0.25) is 0 Å². The second-order valence-electron chi connectivity index (χ2n) is 9.81. The molecule has 4 rings (SSSR count). The van der Waals surface area contributed by atoms with Gasteiger partial charge in [0.25, 0.3) is 0 Å². The van der Waals surface area contributed by atoms with E-state index < -0.39 is 24.4 Å². The van der Waals surface area contributed by atoms with Crippen LogP contribution in [0.3, 0.4) is 0 Å². The predicted octanol–water partition coefficient (Wildman–Crippen LogP) is 6.63. The van der Waals surface area contributed by atoms with Gasteiger partial charge < -0.3 is 24.1 Å². The largest absolute Gasteiger partial charge is 0.394 e. The van der Waals surface area contributed by atoms with E-state index in [0.29, 0.717) is 6.61 Å². The van der Waals surface area contributed by atoms with Crippen molar-refractivity contribution >= 4 is 0 Å². The average molecular weight is 568 g/mol. The maximum atomic E-state index is 10.5. The summed E-state index contributed by atoms with van der Waals surface area (Å²) in [5.41, 5.74) is 13.4. The molecule has 0 saturated carbocycles. The monoisotopic (exact) mass is 567 g/mol. The van der Waals surface area contributed by atoms with Crippen molar-refractivity contribution in [1.82, 2.24) is 0 Å². The standard InChI is InChI=1S/C34H37N3O5/c35-37-36-31(26-39-22-27-13-5-1-6-14-27)33(41-24-29-17-9-3-10-18-29)34(42-25-30-19-11-4-12-20-30)32(21-38)40-23-28-15-7-2-8-16-28/h1-20,31-34,38H,21-26H2/t31-,32+,33-,34-/m1/s1. The number of rotatable bonds is 18. The van der Waals surface area contributed by atoms with Crippen molar-refractivity contribution in [2.45, 2.75) is 50.8 Å². The molecule has 1 N–H and O–H groups in total. The summed E-state index contributed by atoms with van der Waals surface area (Å²) in [5.74, 6) is 0. The van der Waals surface area contributed by atoms with Crippen LogP contribution in [0.2, 0.25) is 0 Å². The highest BCUT2D eigenvalue weighted by atomic mass is 16.6. The van der Waals surface area contributed by atoms with Crippen molar-refractivity contribution in [3.8, 4) is 0 Å². The SMILES string of the molecule is [N-]=[N+]=N[C@H](COCc1ccccc1)[C@@H](OCc1ccccc1)[C@H](OCc1ccccc1)[C@H](CO)OCc1ccccc1. The third-order valence-corrected chi connectivity index (χ3v) is 6.73. The molecule has 0 fully saturated rings. The Bertz CT molecular complexity index is 1320. The first-order valence-electron chi connectivity index (χ1n) is 14.0. The summed E-state index contributed by atoms with van der Waals surface area (Å²) >= 11 is 0. The Hall–Kier alpha value is -4.01. The van der Waals surface area contributed by atoms with E-state index in [9.17, 15) is 10.6 Å². The highest BCUT2D eigenvalue weighted by molar-refractivity contribution is 5.16. The molecule has 42 heavy (non-hydrogen) atoms. The molecule has 0 radical (unpaired) electrons. The zero-order chi connectivity index (χ0) is 29.2. The van der Waals surface area contributed by atoms with Crippen molar-refractivity contribution in [2.75, 3.05) is 13.2 Å². The summed E-state index contributed by atoms with van der Waals surface area (Å²) in [6.07, 6.45) is -2.37. The van der Waals surface area contributed by atoms with Gasteiger partial charge in [0, 0.05) is 4.91 Å². The van der Waals surface area contributed by atoms with Gasteiger partial charge in [-0.2, -0.15) is 0 Å². The maximum absolute atomic E-state index is 10.5. The van der Waals surface area contributed by atoms with Gasteiger partial charge in [0.15, 0.2) is 0 Å². The number of hydrogen-bond donors (Lipinski definition) is 1. The Balaban J connectivity index is 1.60. The van der Waals surface area contributed by atoms with Crippen LogP contribution >= 0.6 is 0 Å². The Morgan fingerprint density at radius 2 is 0.976 bits per heavy atom.